The molecule has 3 rings (SSSR count). The van der Waals surface area contributed by atoms with Crippen LogP contribution in [0.15, 0.2) is 16.7 Å². The van der Waals surface area contributed by atoms with Crippen molar-refractivity contribution in [2.75, 3.05) is 26.7 Å². The minimum atomic E-state index is -4.60. The summed E-state index contributed by atoms with van der Waals surface area (Å²) in [5.74, 6) is -0.0648. The maximum absolute atomic E-state index is 13.1. The molecule has 2 aromatic rings. The van der Waals surface area contributed by atoms with E-state index in [0.717, 1.165) is 0 Å². The van der Waals surface area contributed by atoms with Gasteiger partial charge in [-0.3, -0.25) is 9.69 Å². The van der Waals surface area contributed by atoms with Crippen LogP contribution in [0.3, 0.4) is 0 Å². The first-order chi connectivity index (χ1) is 14.1. The number of aryl methyl sites for hydroxylation is 1. The lowest BCUT2D eigenvalue weighted by atomic mass is 10.0. The van der Waals surface area contributed by atoms with E-state index in [0.29, 0.717) is 37.1 Å². The summed E-state index contributed by atoms with van der Waals surface area (Å²) in [6.07, 6.45) is -3.07. The fourth-order valence-electron chi connectivity index (χ4n) is 3.61. The molecule has 1 fully saturated rings. The summed E-state index contributed by atoms with van der Waals surface area (Å²) in [7, 11) is 1.65. The van der Waals surface area contributed by atoms with Crippen LogP contribution < -0.4 is 4.74 Å². The van der Waals surface area contributed by atoms with E-state index in [1.807, 2.05) is 6.92 Å². The number of hydrogen-bond acceptors (Lipinski definition) is 5. The molecule has 164 valence electrons. The summed E-state index contributed by atoms with van der Waals surface area (Å²) in [6, 6.07) is 2.43. The molecule has 0 N–H and O–H groups in total. The number of urea groups is 1. The molecule has 0 saturated carbocycles. The van der Waals surface area contributed by atoms with Gasteiger partial charge in [-0.1, -0.05) is 25.4 Å². The van der Waals surface area contributed by atoms with E-state index in [1.165, 1.54) is 21.9 Å². The van der Waals surface area contributed by atoms with E-state index < -0.39 is 11.9 Å². The zero-order valence-electron chi connectivity index (χ0n) is 17.1. The van der Waals surface area contributed by atoms with Crippen molar-refractivity contribution in [3.63, 3.8) is 0 Å². The number of amides is 3. The monoisotopic (exact) mass is 427 g/mol. The smallest absolute Gasteiger partial charge is 0.437 e. The van der Waals surface area contributed by atoms with Crippen LogP contribution in [-0.4, -0.2) is 53.6 Å². The van der Waals surface area contributed by atoms with E-state index >= 15 is 0 Å². The van der Waals surface area contributed by atoms with Crippen LogP contribution in [0.25, 0.3) is 11.0 Å². The van der Waals surface area contributed by atoms with Gasteiger partial charge in [0.25, 0.3) is 0 Å². The molecule has 1 aliphatic heterocycles. The molecule has 30 heavy (non-hydrogen) atoms. The average Bonchev–Trinajstić information content (AvgIpc) is 3.12. The number of carbonyl (C=O) groups is 2. The van der Waals surface area contributed by atoms with Gasteiger partial charge >= 0.3 is 12.2 Å². The van der Waals surface area contributed by atoms with Crippen molar-refractivity contribution in [3.8, 4) is 5.75 Å². The molecule has 0 spiro atoms. The van der Waals surface area contributed by atoms with E-state index in [9.17, 15) is 22.8 Å². The molecule has 3 amide bonds. The van der Waals surface area contributed by atoms with Crippen molar-refractivity contribution in [2.45, 2.75) is 39.3 Å². The second-order valence-corrected chi connectivity index (χ2v) is 7.45. The van der Waals surface area contributed by atoms with Gasteiger partial charge in [0, 0.05) is 25.7 Å². The van der Waals surface area contributed by atoms with Gasteiger partial charge in [0.1, 0.15) is 5.75 Å². The number of fused-ring (bicyclic) bond motifs is 1. The summed E-state index contributed by atoms with van der Waals surface area (Å²) >= 11 is 0. The Labute approximate surface area is 171 Å². The number of aromatic nitrogens is 1. The fraction of sp³-hybridized carbons (Fsp3) is 0.550. The fourth-order valence-corrected chi connectivity index (χ4v) is 3.61. The summed E-state index contributed by atoms with van der Waals surface area (Å²) in [5.41, 5.74) is -0.461. The standard InChI is InChI=1S/C20H24F3N3O4/c1-4-6-13-15(8-7-14-16(13)30-24-17(14)20(21,22)23)29-10-5-9-26-18(27)12(2)11-25(3)19(26)28/h7-8,12H,4-6,9-11H2,1-3H3. The Morgan fingerprint density at radius 1 is 1.30 bits per heavy atom. The van der Waals surface area contributed by atoms with Gasteiger partial charge < -0.3 is 14.2 Å². The van der Waals surface area contributed by atoms with Gasteiger partial charge in [0.2, 0.25) is 5.91 Å². The zero-order valence-corrected chi connectivity index (χ0v) is 17.1. The van der Waals surface area contributed by atoms with Crippen molar-refractivity contribution < 1.29 is 32.0 Å². The maximum Gasteiger partial charge on any atom is 0.437 e. The van der Waals surface area contributed by atoms with Crippen molar-refractivity contribution in [1.82, 2.24) is 15.0 Å². The van der Waals surface area contributed by atoms with Gasteiger partial charge in [-0.15, -0.1) is 0 Å². The first-order valence-electron chi connectivity index (χ1n) is 9.82. The average molecular weight is 427 g/mol. The second-order valence-electron chi connectivity index (χ2n) is 7.45. The van der Waals surface area contributed by atoms with Crippen molar-refractivity contribution in [1.29, 1.82) is 0 Å². The lowest BCUT2D eigenvalue weighted by molar-refractivity contribution is -0.141. The first-order valence-corrected chi connectivity index (χ1v) is 9.82. The number of rotatable bonds is 7. The molecule has 1 aromatic carbocycles. The highest BCUT2D eigenvalue weighted by Gasteiger charge is 2.38. The highest BCUT2D eigenvalue weighted by atomic mass is 19.4. The first kappa shape index (κ1) is 21.9. The number of nitrogens with zero attached hydrogens (tertiary/aromatic N) is 3. The van der Waals surface area contributed by atoms with E-state index in [1.54, 1.807) is 14.0 Å². The molecule has 1 aromatic heterocycles. The summed E-state index contributed by atoms with van der Waals surface area (Å²) in [6.45, 7) is 4.46. The third-order valence-electron chi connectivity index (χ3n) is 5.05. The number of benzene rings is 1. The van der Waals surface area contributed by atoms with E-state index in [4.69, 9.17) is 9.26 Å². The van der Waals surface area contributed by atoms with Gasteiger partial charge in [-0.2, -0.15) is 13.2 Å². The number of ether oxygens (including phenoxy) is 1. The highest BCUT2D eigenvalue weighted by molar-refractivity contribution is 5.97. The highest BCUT2D eigenvalue weighted by Crippen LogP contribution is 2.38. The predicted octanol–water partition coefficient (Wildman–Crippen LogP) is 4.10. The van der Waals surface area contributed by atoms with Crippen LogP contribution in [0.5, 0.6) is 5.75 Å². The van der Waals surface area contributed by atoms with Crippen LogP contribution in [0.2, 0.25) is 0 Å². The second kappa shape index (κ2) is 8.53. The van der Waals surface area contributed by atoms with Crippen molar-refractivity contribution >= 4 is 22.9 Å². The van der Waals surface area contributed by atoms with Crippen molar-refractivity contribution in [2.24, 2.45) is 5.92 Å². The van der Waals surface area contributed by atoms with Crippen LogP contribution in [0, 0.1) is 5.92 Å². The van der Waals surface area contributed by atoms with E-state index in [2.05, 4.69) is 5.16 Å². The third kappa shape index (κ3) is 4.22. The van der Waals surface area contributed by atoms with Gasteiger partial charge in [-0.25, -0.2) is 4.79 Å². The van der Waals surface area contributed by atoms with Crippen LogP contribution in [0.4, 0.5) is 18.0 Å². The summed E-state index contributed by atoms with van der Waals surface area (Å²) < 4.78 is 50.1. The van der Waals surface area contributed by atoms with Gasteiger partial charge in [0.15, 0.2) is 11.3 Å². The lowest BCUT2D eigenvalue weighted by Crippen LogP contribution is -2.54. The molecule has 2 heterocycles. The molecule has 1 atom stereocenters. The molecule has 0 bridgehead atoms. The molecule has 10 heteroatoms. The Hall–Kier alpha value is -2.78. The molecule has 1 unspecified atom stereocenters. The van der Waals surface area contributed by atoms with Crippen LogP contribution >= 0.6 is 0 Å². The Balaban J connectivity index is 1.71. The van der Waals surface area contributed by atoms with E-state index in [-0.39, 0.29) is 42.0 Å². The SMILES string of the molecule is CCCc1c(OCCCN2C(=O)C(C)CN(C)C2=O)ccc2c(C(F)(F)F)noc12. The Kier molecular flexibility index (Phi) is 6.23. The lowest BCUT2D eigenvalue weighted by Gasteiger charge is -2.35. The van der Waals surface area contributed by atoms with Gasteiger partial charge in [0.05, 0.1) is 17.9 Å². The Bertz CT molecular complexity index is 921. The molecule has 7 nitrogen and oxygen atoms in total. The summed E-state index contributed by atoms with van der Waals surface area (Å²) in [4.78, 5) is 27.1. The Morgan fingerprint density at radius 3 is 2.70 bits per heavy atom. The van der Waals surface area contributed by atoms with Crippen LogP contribution in [-0.2, 0) is 17.4 Å². The normalized spacial score (nSPS) is 17.9. The summed E-state index contributed by atoms with van der Waals surface area (Å²) in [5, 5.41) is 3.10. The Morgan fingerprint density at radius 2 is 2.03 bits per heavy atom. The van der Waals surface area contributed by atoms with Gasteiger partial charge in [-0.05, 0) is 25.0 Å². The molecular weight excluding hydrogens is 403 g/mol. The number of carbonyl (C=O) groups excluding carboxylic acids is 2. The molecular formula is C20H24F3N3O4. The largest absolute Gasteiger partial charge is 0.493 e. The van der Waals surface area contributed by atoms with Crippen molar-refractivity contribution in [3.05, 3.63) is 23.4 Å². The topological polar surface area (TPSA) is 75.9 Å². The molecule has 0 aliphatic carbocycles. The molecule has 0 radical (unpaired) electrons. The number of halogens is 3. The maximum atomic E-state index is 13.1. The van der Waals surface area contributed by atoms with Crippen LogP contribution in [0.1, 0.15) is 37.9 Å². The number of hydrogen-bond donors (Lipinski definition) is 0. The molecule has 1 aliphatic rings. The zero-order chi connectivity index (χ0) is 22.1. The third-order valence-corrected chi connectivity index (χ3v) is 5.05. The molecule has 1 saturated heterocycles. The quantitative estimate of drug-likeness (QED) is 0.622. The number of alkyl halides is 3. The minimum absolute atomic E-state index is 0.0681. The number of imide groups is 1. The predicted molar refractivity (Wildman–Crippen MR) is 102 cm³/mol. The minimum Gasteiger partial charge on any atom is -0.493 e.